The van der Waals surface area contributed by atoms with Crippen LogP contribution in [0.1, 0.15) is 34.7 Å². The third kappa shape index (κ3) is 4.08. The molecule has 2 aromatic carbocycles. The quantitative estimate of drug-likeness (QED) is 0.457. The number of aliphatic hydroxyl groups excluding tert-OH is 1. The smallest absolute Gasteiger partial charge is 0.295 e. The minimum absolute atomic E-state index is 0.134. The van der Waals surface area contributed by atoms with Crippen LogP contribution in [0.15, 0.2) is 48.0 Å². The molecule has 2 aliphatic heterocycles. The van der Waals surface area contributed by atoms with Gasteiger partial charge in [-0.25, -0.2) is 0 Å². The predicted octanol–water partition coefficient (Wildman–Crippen LogP) is 3.30. The Labute approximate surface area is 182 Å². The lowest BCUT2D eigenvalue weighted by atomic mass is 9.93. The van der Waals surface area contributed by atoms with Crippen LogP contribution in [-0.4, -0.2) is 60.4 Å². The molecule has 2 aliphatic rings. The van der Waals surface area contributed by atoms with Gasteiger partial charge in [0.15, 0.2) is 0 Å². The third-order valence-electron chi connectivity index (χ3n) is 5.87. The zero-order valence-electron chi connectivity index (χ0n) is 18.2. The molecule has 1 unspecified atom stereocenters. The van der Waals surface area contributed by atoms with Crippen LogP contribution in [-0.2, 0) is 16.0 Å². The van der Waals surface area contributed by atoms with Crippen molar-refractivity contribution in [2.24, 2.45) is 0 Å². The number of likely N-dealkylation sites (tertiary alicyclic amines) is 1. The summed E-state index contributed by atoms with van der Waals surface area (Å²) in [4.78, 5) is 29.6. The Hall–Kier alpha value is -3.12. The second-order valence-corrected chi connectivity index (χ2v) is 8.48. The van der Waals surface area contributed by atoms with Crippen LogP contribution < -0.4 is 4.74 Å². The van der Waals surface area contributed by atoms with Gasteiger partial charge >= 0.3 is 0 Å². The van der Waals surface area contributed by atoms with Crippen LogP contribution in [0.3, 0.4) is 0 Å². The molecule has 0 spiro atoms. The minimum atomic E-state index is -0.642. The van der Waals surface area contributed by atoms with E-state index in [1.165, 1.54) is 0 Å². The number of carbonyl (C=O) groups is 2. The number of ketones is 1. The van der Waals surface area contributed by atoms with Gasteiger partial charge in [-0.1, -0.05) is 29.8 Å². The van der Waals surface area contributed by atoms with Crippen LogP contribution in [0.4, 0.5) is 0 Å². The highest BCUT2D eigenvalue weighted by atomic mass is 16.5. The van der Waals surface area contributed by atoms with Crippen LogP contribution in [0.25, 0.3) is 5.76 Å². The van der Waals surface area contributed by atoms with E-state index in [2.05, 4.69) is 0 Å². The molecule has 162 valence electrons. The maximum absolute atomic E-state index is 13.1. The molecule has 0 aromatic heterocycles. The van der Waals surface area contributed by atoms with E-state index in [-0.39, 0.29) is 11.3 Å². The van der Waals surface area contributed by atoms with Crippen molar-refractivity contribution in [1.29, 1.82) is 0 Å². The number of ether oxygens (including phenoxy) is 1. The summed E-state index contributed by atoms with van der Waals surface area (Å²) in [5.74, 6) is -0.539. The van der Waals surface area contributed by atoms with Crippen molar-refractivity contribution in [1.82, 2.24) is 9.80 Å². The van der Waals surface area contributed by atoms with E-state index < -0.39 is 17.7 Å². The van der Waals surface area contributed by atoms with Gasteiger partial charge in [0.05, 0.1) is 18.2 Å². The normalized spacial score (nSPS) is 20.1. The van der Waals surface area contributed by atoms with Gasteiger partial charge in [-0.2, -0.15) is 0 Å². The van der Waals surface area contributed by atoms with E-state index in [1.54, 1.807) is 11.0 Å². The summed E-state index contributed by atoms with van der Waals surface area (Å²) in [6.07, 6.45) is 1.77. The molecular formula is C25H28N2O4. The third-order valence-corrected chi connectivity index (χ3v) is 5.87. The summed E-state index contributed by atoms with van der Waals surface area (Å²) in [6.45, 7) is 3.66. The molecule has 4 rings (SSSR count). The van der Waals surface area contributed by atoms with Gasteiger partial charge in [0.25, 0.3) is 11.7 Å². The summed E-state index contributed by atoms with van der Waals surface area (Å²) in [5, 5.41) is 11.2. The molecule has 0 radical (unpaired) electrons. The van der Waals surface area contributed by atoms with E-state index >= 15 is 0 Å². The van der Waals surface area contributed by atoms with Crippen LogP contribution >= 0.6 is 0 Å². The molecule has 2 heterocycles. The number of amides is 1. The summed E-state index contributed by atoms with van der Waals surface area (Å²) in [7, 11) is 3.85. The Morgan fingerprint density at radius 3 is 2.74 bits per heavy atom. The summed E-state index contributed by atoms with van der Waals surface area (Å²) in [5.41, 5.74) is 3.53. The van der Waals surface area contributed by atoms with Gasteiger partial charge in [-0.3, -0.25) is 9.59 Å². The fourth-order valence-corrected chi connectivity index (χ4v) is 4.27. The van der Waals surface area contributed by atoms with Crippen molar-refractivity contribution >= 4 is 17.4 Å². The standard InChI is InChI=1S/C25H28N2O4/c1-16-6-4-7-18(14-16)22-21(24(29)25(30)27(22)12-11-26(2)3)23(28)19-9-10-20-17(15-19)8-5-13-31-20/h4,6-7,9-10,14-15,22,28H,5,8,11-13H2,1-3H3/b23-21-. The average Bonchev–Trinajstić information content (AvgIpc) is 3.01. The monoisotopic (exact) mass is 420 g/mol. The van der Waals surface area contributed by atoms with Crippen molar-refractivity contribution in [3.8, 4) is 5.75 Å². The molecule has 0 aliphatic carbocycles. The number of hydrogen-bond acceptors (Lipinski definition) is 5. The molecule has 1 fully saturated rings. The van der Waals surface area contributed by atoms with Crippen molar-refractivity contribution in [3.05, 3.63) is 70.3 Å². The number of carbonyl (C=O) groups excluding carboxylic acids is 2. The molecular weight excluding hydrogens is 392 g/mol. The number of hydrogen-bond donors (Lipinski definition) is 1. The molecule has 1 saturated heterocycles. The zero-order chi connectivity index (χ0) is 22.1. The Kier molecular flexibility index (Phi) is 5.83. The minimum Gasteiger partial charge on any atom is -0.507 e. The number of nitrogens with zero attached hydrogens (tertiary/aromatic N) is 2. The van der Waals surface area contributed by atoms with E-state index in [9.17, 15) is 14.7 Å². The molecule has 1 atom stereocenters. The number of Topliss-reactive ketones (excluding diaryl/α,β-unsaturated/α-hetero) is 1. The molecule has 1 N–H and O–H groups in total. The summed E-state index contributed by atoms with van der Waals surface area (Å²) < 4.78 is 5.67. The highest BCUT2D eigenvalue weighted by molar-refractivity contribution is 6.46. The van der Waals surface area contributed by atoms with E-state index in [0.29, 0.717) is 25.3 Å². The number of rotatable bonds is 5. The van der Waals surface area contributed by atoms with Crippen molar-refractivity contribution in [2.75, 3.05) is 33.8 Å². The first-order valence-electron chi connectivity index (χ1n) is 10.6. The highest BCUT2D eigenvalue weighted by Crippen LogP contribution is 2.40. The maximum atomic E-state index is 13.1. The van der Waals surface area contributed by atoms with Crippen molar-refractivity contribution < 1.29 is 19.4 Å². The van der Waals surface area contributed by atoms with Crippen molar-refractivity contribution in [2.45, 2.75) is 25.8 Å². The average molecular weight is 421 g/mol. The first-order valence-corrected chi connectivity index (χ1v) is 10.6. The SMILES string of the molecule is Cc1cccc(C2/C(=C(/O)c3ccc4c(c3)CCCO4)C(=O)C(=O)N2CCN(C)C)c1. The number of fused-ring (bicyclic) bond motifs is 1. The molecule has 6 nitrogen and oxygen atoms in total. The Morgan fingerprint density at radius 1 is 1.19 bits per heavy atom. The first kappa shape index (κ1) is 21.1. The Bertz CT molecular complexity index is 1060. The van der Waals surface area contributed by atoms with E-state index in [1.807, 2.05) is 62.3 Å². The van der Waals surface area contributed by atoms with Gasteiger partial charge < -0.3 is 19.6 Å². The molecule has 6 heteroatoms. The van der Waals surface area contributed by atoms with Gasteiger partial charge in [0.1, 0.15) is 11.5 Å². The molecule has 0 bridgehead atoms. The van der Waals surface area contributed by atoms with Gasteiger partial charge in [0.2, 0.25) is 0 Å². The number of benzene rings is 2. The Balaban J connectivity index is 1.83. The predicted molar refractivity (Wildman–Crippen MR) is 119 cm³/mol. The number of likely N-dealkylation sites (N-methyl/N-ethyl adjacent to an activating group) is 1. The molecule has 1 amide bonds. The van der Waals surface area contributed by atoms with Gasteiger partial charge in [0, 0.05) is 18.7 Å². The molecule has 0 saturated carbocycles. The van der Waals surface area contributed by atoms with Crippen LogP contribution in [0, 0.1) is 6.92 Å². The van der Waals surface area contributed by atoms with Crippen LogP contribution in [0.2, 0.25) is 0 Å². The largest absolute Gasteiger partial charge is 0.507 e. The summed E-state index contributed by atoms with van der Waals surface area (Å²) >= 11 is 0. The topological polar surface area (TPSA) is 70.1 Å². The van der Waals surface area contributed by atoms with E-state index in [0.717, 1.165) is 35.3 Å². The fraction of sp³-hybridized carbons (Fsp3) is 0.360. The van der Waals surface area contributed by atoms with Gasteiger partial charge in [-0.15, -0.1) is 0 Å². The highest BCUT2D eigenvalue weighted by Gasteiger charge is 2.45. The van der Waals surface area contributed by atoms with Gasteiger partial charge in [-0.05, 0) is 63.2 Å². The lowest BCUT2D eigenvalue weighted by Gasteiger charge is -2.27. The second kappa shape index (κ2) is 8.55. The first-order chi connectivity index (χ1) is 14.9. The molecule has 2 aromatic rings. The van der Waals surface area contributed by atoms with E-state index in [4.69, 9.17) is 4.74 Å². The summed E-state index contributed by atoms with van der Waals surface area (Å²) in [6, 6.07) is 12.6. The molecule has 31 heavy (non-hydrogen) atoms. The number of aliphatic hydroxyl groups is 1. The zero-order valence-corrected chi connectivity index (χ0v) is 18.2. The maximum Gasteiger partial charge on any atom is 0.295 e. The lowest BCUT2D eigenvalue weighted by molar-refractivity contribution is -0.140. The van der Waals surface area contributed by atoms with Crippen molar-refractivity contribution in [3.63, 3.8) is 0 Å². The van der Waals surface area contributed by atoms with Crippen LogP contribution in [0.5, 0.6) is 5.75 Å². The Morgan fingerprint density at radius 2 is 2.00 bits per heavy atom. The number of aryl methyl sites for hydroxylation is 2. The lowest BCUT2D eigenvalue weighted by Crippen LogP contribution is -2.35. The fourth-order valence-electron chi connectivity index (χ4n) is 4.27. The second-order valence-electron chi connectivity index (χ2n) is 8.48.